The fraction of sp³-hybridized carbons (Fsp3) is 0.588. The number of benzene rings is 1. The van der Waals surface area contributed by atoms with E-state index in [0.717, 1.165) is 32.1 Å². The molecule has 21 heavy (non-hydrogen) atoms. The predicted molar refractivity (Wildman–Crippen MR) is 85.2 cm³/mol. The third kappa shape index (κ3) is 3.38. The zero-order valence-corrected chi connectivity index (χ0v) is 12.6. The number of carbonyl (C=O) groups is 1. The Kier molecular flexibility index (Phi) is 4.44. The third-order valence-corrected chi connectivity index (χ3v) is 4.84. The maximum atomic E-state index is 12.5. The minimum atomic E-state index is 0.0774. The van der Waals surface area contributed by atoms with Crippen molar-refractivity contribution in [1.29, 1.82) is 0 Å². The summed E-state index contributed by atoms with van der Waals surface area (Å²) in [5.41, 5.74) is 7.13. The molecule has 1 aliphatic carbocycles. The van der Waals surface area contributed by atoms with Crippen LogP contribution in [0.3, 0.4) is 0 Å². The summed E-state index contributed by atoms with van der Waals surface area (Å²) in [6, 6.07) is 7.36. The Bertz CT molecular complexity index is 489. The lowest BCUT2D eigenvalue weighted by molar-refractivity contribution is 0.0619. The number of nitrogen functional groups attached to an aromatic ring is 1. The minimum absolute atomic E-state index is 0.0774. The Morgan fingerprint density at radius 1 is 1.10 bits per heavy atom. The Labute approximate surface area is 126 Å². The van der Waals surface area contributed by atoms with Gasteiger partial charge in [0, 0.05) is 38.4 Å². The first-order valence-corrected chi connectivity index (χ1v) is 8.10. The predicted octanol–water partition coefficient (Wildman–Crippen LogP) is 2.22. The Balaban J connectivity index is 1.53. The summed E-state index contributed by atoms with van der Waals surface area (Å²) < 4.78 is 0. The van der Waals surface area contributed by atoms with Crippen molar-refractivity contribution in [2.75, 3.05) is 38.5 Å². The molecule has 4 heteroatoms. The normalized spacial score (nSPS) is 20.9. The topological polar surface area (TPSA) is 49.6 Å². The van der Waals surface area contributed by atoms with E-state index in [1.165, 1.54) is 32.2 Å². The van der Waals surface area contributed by atoms with Gasteiger partial charge in [0.05, 0.1) is 5.56 Å². The highest BCUT2D eigenvalue weighted by atomic mass is 16.2. The van der Waals surface area contributed by atoms with Gasteiger partial charge in [-0.1, -0.05) is 25.0 Å². The highest BCUT2D eigenvalue weighted by molar-refractivity contribution is 5.99. The van der Waals surface area contributed by atoms with Gasteiger partial charge in [0.15, 0.2) is 0 Å². The molecule has 0 radical (unpaired) electrons. The van der Waals surface area contributed by atoms with E-state index in [2.05, 4.69) is 4.90 Å². The van der Waals surface area contributed by atoms with Crippen molar-refractivity contribution >= 4 is 11.6 Å². The van der Waals surface area contributed by atoms with Crippen molar-refractivity contribution in [2.45, 2.75) is 25.7 Å². The van der Waals surface area contributed by atoms with Gasteiger partial charge in [0.2, 0.25) is 0 Å². The van der Waals surface area contributed by atoms with E-state index in [0.29, 0.717) is 11.3 Å². The summed E-state index contributed by atoms with van der Waals surface area (Å²) in [4.78, 5) is 17.0. The van der Waals surface area contributed by atoms with E-state index in [1.54, 1.807) is 6.07 Å². The standard InChI is InChI=1S/C17H25N3O/c18-16-8-4-3-7-15(16)17(21)20-11-9-19(10-12-20)13-14-5-1-2-6-14/h3-4,7-8,14H,1-2,5-6,9-13,18H2. The molecule has 1 amide bonds. The SMILES string of the molecule is Nc1ccccc1C(=O)N1CCN(CC2CCCC2)CC1. The molecule has 0 spiro atoms. The van der Waals surface area contributed by atoms with Crippen LogP contribution in [0, 0.1) is 5.92 Å². The number of carbonyl (C=O) groups excluding carboxylic acids is 1. The van der Waals surface area contributed by atoms with Gasteiger partial charge in [-0.2, -0.15) is 0 Å². The second-order valence-corrected chi connectivity index (χ2v) is 6.33. The smallest absolute Gasteiger partial charge is 0.256 e. The molecule has 1 aromatic carbocycles. The number of para-hydroxylation sites is 1. The number of piperazine rings is 1. The summed E-state index contributed by atoms with van der Waals surface area (Å²) in [7, 11) is 0. The molecule has 4 nitrogen and oxygen atoms in total. The van der Waals surface area contributed by atoms with Gasteiger partial charge in [-0.15, -0.1) is 0 Å². The average Bonchev–Trinajstić information content (AvgIpc) is 3.01. The van der Waals surface area contributed by atoms with Crippen molar-refractivity contribution in [2.24, 2.45) is 5.92 Å². The van der Waals surface area contributed by atoms with Crippen molar-refractivity contribution < 1.29 is 4.79 Å². The number of anilines is 1. The maximum Gasteiger partial charge on any atom is 0.256 e. The van der Waals surface area contributed by atoms with Crippen LogP contribution >= 0.6 is 0 Å². The van der Waals surface area contributed by atoms with E-state index >= 15 is 0 Å². The maximum absolute atomic E-state index is 12.5. The third-order valence-electron chi connectivity index (χ3n) is 4.84. The van der Waals surface area contributed by atoms with Crippen LogP contribution in [0.5, 0.6) is 0 Å². The van der Waals surface area contributed by atoms with E-state index in [4.69, 9.17) is 5.73 Å². The number of hydrogen-bond acceptors (Lipinski definition) is 3. The van der Waals surface area contributed by atoms with Crippen LogP contribution < -0.4 is 5.73 Å². The lowest BCUT2D eigenvalue weighted by atomic mass is 10.1. The molecular formula is C17H25N3O. The molecule has 2 aliphatic rings. The number of hydrogen-bond donors (Lipinski definition) is 1. The van der Waals surface area contributed by atoms with E-state index in [-0.39, 0.29) is 5.91 Å². The van der Waals surface area contributed by atoms with Crippen LogP contribution in [0.4, 0.5) is 5.69 Å². The zero-order valence-electron chi connectivity index (χ0n) is 12.6. The molecule has 2 N–H and O–H groups in total. The molecule has 1 saturated carbocycles. The molecule has 1 aromatic rings. The van der Waals surface area contributed by atoms with Gasteiger partial charge in [-0.25, -0.2) is 0 Å². The quantitative estimate of drug-likeness (QED) is 0.867. The van der Waals surface area contributed by atoms with Crippen LogP contribution in [-0.4, -0.2) is 48.4 Å². The second-order valence-electron chi connectivity index (χ2n) is 6.33. The molecule has 114 valence electrons. The summed E-state index contributed by atoms with van der Waals surface area (Å²) in [6.07, 6.45) is 5.58. The van der Waals surface area contributed by atoms with Crippen LogP contribution in [0.2, 0.25) is 0 Å². The van der Waals surface area contributed by atoms with Crippen LogP contribution in [-0.2, 0) is 0 Å². The molecule has 1 heterocycles. The first kappa shape index (κ1) is 14.4. The van der Waals surface area contributed by atoms with Crippen molar-refractivity contribution in [1.82, 2.24) is 9.80 Å². The molecule has 1 saturated heterocycles. The van der Waals surface area contributed by atoms with Crippen LogP contribution in [0.15, 0.2) is 24.3 Å². The fourth-order valence-corrected chi connectivity index (χ4v) is 3.55. The van der Waals surface area contributed by atoms with Crippen molar-refractivity contribution in [3.8, 4) is 0 Å². The van der Waals surface area contributed by atoms with Gasteiger partial charge in [0.25, 0.3) is 5.91 Å². The molecule has 0 aromatic heterocycles. The summed E-state index contributed by atoms with van der Waals surface area (Å²) in [5, 5.41) is 0. The first-order chi connectivity index (χ1) is 10.2. The number of rotatable bonds is 3. The van der Waals surface area contributed by atoms with Gasteiger partial charge in [0.1, 0.15) is 0 Å². The van der Waals surface area contributed by atoms with E-state index in [1.807, 2.05) is 23.1 Å². The largest absolute Gasteiger partial charge is 0.398 e. The number of nitrogens with two attached hydrogens (primary N) is 1. The van der Waals surface area contributed by atoms with Crippen LogP contribution in [0.25, 0.3) is 0 Å². The van der Waals surface area contributed by atoms with Crippen molar-refractivity contribution in [3.05, 3.63) is 29.8 Å². The molecule has 0 bridgehead atoms. The number of amides is 1. The van der Waals surface area contributed by atoms with E-state index in [9.17, 15) is 4.79 Å². The van der Waals surface area contributed by atoms with Crippen LogP contribution in [0.1, 0.15) is 36.0 Å². The fourth-order valence-electron chi connectivity index (χ4n) is 3.55. The lowest BCUT2D eigenvalue weighted by Crippen LogP contribution is -2.49. The highest BCUT2D eigenvalue weighted by Gasteiger charge is 2.25. The first-order valence-electron chi connectivity index (χ1n) is 8.10. The van der Waals surface area contributed by atoms with Gasteiger partial charge < -0.3 is 10.6 Å². The highest BCUT2D eigenvalue weighted by Crippen LogP contribution is 2.26. The summed E-state index contributed by atoms with van der Waals surface area (Å²) >= 11 is 0. The van der Waals surface area contributed by atoms with Gasteiger partial charge in [-0.05, 0) is 30.9 Å². The minimum Gasteiger partial charge on any atom is -0.398 e. The second kappa shape index (κ2) is 6.48. The molecule has 0 atom stereocenters. The summed E-state index contributed by atoms with van der Waals surface area (Å²) in [6.45, 7) is 4.85. The molecular weight excluding hydrogens is 262 g/mol. The Hall–Kier alpha value is -1.55. The Morgan fingerprint density at radius 3 is 2.43 bits per heavy atom. The molecule has 1 aliphatic heterocycles. The monoisotopic (exact) mass is 287 g/mol. The van der Waals surface area contributed by atoms with Gasteiger partial charge >= 0.3 is 0 Å². The van der Waals surface area contributed by atoms with Gasteiger partial charge in [-0.3, -0.25) is 9.69 Å². The summed E-state index contributed by atoms with van der Waals surface area (Å²) in [5.74, 6) is 0.964. The molecule has 3 rings (SSSR count). The van der Waals surface area contributed by atoms with E-state index < -0.39 is 0 Å². The molecule has 2 fully saturated rings. The number of nitrogens with zero attached hydrogens (tertiary/aromatic N) is 2. The van der Waals surface area contributed by atoms with Crippen molar-refractivity contribution in [3.63, 3.8) is 0 Å². The average molecular weight is 287 g/mol. The zero-order chi connectivity index (χ0) is 14.7. The Morgan fingerprint density at radius 2 is 1.76 bits per heavy atom. The molecule has 0 unspecified atom stereocenters. The lowest BCUT2D eigenvalue weighted by Gasteiger charge is -2.36.